The van der Waals surface area contributed by atoms with Crippen molar-refractivity contribution in [2.45, 2.75) is 82.4 Å². The zero-order valence-electron chi connectivity index (χ0n) is 20.0. The fourth-order valence-corrected chi connectivity index (χ4v) is 5.74. The summed E-state index contributed by atoms with van der Waals surface area (Å²) in [6, 6.07) is 0. The van der Waals surface area contributed by atoms with Crippen molar-refractivity contribution in [2.75, 3.05) is 13.1 Å². The highest BCUT2D eigenvalue weighted by Crippen LogP contribution is 2.33. The summed E-state index contributed by atoms with van der Waals surface area (Å²) in [7, 11) is 2.23. The third-order valence-electron chi connectivity index (χ3n) is 7.59. The highest BCUT2D eigenvalue weighted by molar-refractivity contribution is 6.11. The van der Waals surface area contributed by atoms with Crippen molar-refractivity contribution in [3.8, 4) is 0 Å². The first kappa shape index (κ1) is 24.6. The lowest BCUT2D eigenvalue weighted by Crippen LogP contribution is -2.59. The van der Waals surface area contributed by atoms with Gasteiger partial charge in [-0.3, -0.25) is 5.32 Å². The van der Waals surface area contributed by atoms with E-state index in [0.29, 0.717) is 17.5 Å². The lowest BCUT2D eigenvalue weighted by molar-refractivity contribution is 0.0324. The number of hydrogen-bond acceptors (Lipinski definition) is 8. The molecular weight excluding hydrogens is 419 g/mol. The van der Waals surface area contributed by atoms with E-state index in [-0.39, 0.29) is 18.0 Å². The number of nitrogens with one attached hydrogen (secondary N) is 4. The number of aliphatic hydroxyl groups excluding tert-OH is 3. The minimum atomic E-state index is -0.922. The quantitative estimate of drug-likeness (QED) is 0.233. The SMILES string of the molecule is BC1C/C=C/OC2=C(NC(C3CCC(NC(O)CC4CCNCC4)=CC3O)NC2O)[C@H](C)C1. The molecule has 0 radical (unpaired) electrons. The van der Waals surface area contributed by atoms with Crippen molar-refractivity contribution < 1.29 is 20.1 Å². The largest absolute Gasteiger partial charge is 0.464 e. The Bertz CT molecular complexity index is 755. The molecule has 0 aromatic rings. The van der Waals surface area contributed by atoms with Crippen LogP contribution in [-0.2, 0) is 4.74 Å². The first-order valence-electron chi connectivity index (χ1n) is 12.7. The molecule has 3 aliphatic heterocycles. The van der Waals surface area contributed by atoms with Crippen molar-refractivity contribution in [3.05, 3.63) is 35.6 Å². The van der Waals surface area contributed by atoms with E-state index >= 15 is 0 Å². The smallest absolute Gasteiger partial charge is 0.167 e. The molecule has 0 saturated carbocycles. The number of piperidine rings is 1. The zero-order valence-corrected chi connectivity index (χ0v) is 20.0. The van der Waals surface area contributed by atoms with Gasteiger partial charge in [-0.05, 0) is 82.0 Å². The van der Waals surface area contributed by atoms with Crippen LogP contribution >= 0.6 is 0 Å². The Balaban J connectivity index is 1.37. The van der Waals surface area contributed by atoms with Gasteiger partial charge in [-0.2, -0.15) is 0 Å². The van der Waals surface area contributed by atoms with E-state index < -0.39 is 18.6 Å². The lowest BCUT2D eigenvalue weighted by Gasteiger charge is -2.41. The van der Waals surface area contributed by atoms with Crippen molar-refractivity contribution in [1.82, 2.24) is 21.3 Å². The van der Waals surface area contributed by atoms with Gasteiger partial charge in [-0.25, -0.2) is 0 Å². The highest BCUT2D eigenvalue weighted by atomic mass is 16.5. The van der Waals surface area contributed by atoms with Crippen molar-refractivity contribution in [3.63, 3.8) is 0 Å². The Morgan fingerprint density at radius 1 is 1.24 bits per heavy atom. The van der Waals surface area contributed by atoms with E-state index in [1.54, 1.807) is 6.26 Å². The fraction of sp³-hybridized carbons (Fsp3) is 0.750. The number of hydrogen-bond donors (Lipinski definition) is 7. The van der Waals surface area contributed by atoms with Crippen molar-refractivity contribution in [1.29, 1.82) is 0 Å². The monoisotopic (exact) mass is 460 g/mol. The summed E-state index contributed by atoms with van der Waals surface area (Å²) in [6.07, 6.45) is 9.41. The molecule has 4 rings (SSSR count). The molecule has 0 bridgehead atoms. The number of rotatable bonds is 5. The van der Waals surface area contributed by atoms with Gasteiger partial charge in [0.2, 0.25) is 0 Å². The first-order chi connectivity index (χ1) is 15.9. The fourth-order valence-electron chi connectivity index (χ4n) is 5.74. The second kappa shape index (κ2) is 11.3. The van der Waals surface area contributed by atoms with Gasteiger partial charge in [-0.15, -0.1) is 0 Å². The van der Waals surface area contributed by atoms with Gasteiger partial charge < -0.3 is 36.0 Å². The summed E-state index contributed by atoms with van der Waals surface area (Å²) in [6.45, 7) is 4.20. The molecule has 4 aliphatic rings. The maximum absolute atomic E-state index is 10.9. The summed E-state index contributed by atoms with van der Waals surface area (Å²) in [5, 5.41) is 45.5. The van der Waals surface area contributed by atoms with Crippen LogP contribution in [0.15, 0.2) is 35.6 Å². The Kier molecular flexibility index (Phi) is 8.41. The molecule has 9 heteroatoms. The third-order valence-corrected chi connectivity index (χ3v) is 7.59. The normalized spacial score (nSPS) is 37.9. The van der Waals surface area contributed by atoms with Crippen LogP contribution in [0.1, 0.15) is 51.9 Å². The Morgan fingerprint density at radius 2 is 2.03 bits per heavy atom. The molecule has 0 aromatic carbocycles. The van der Waals surface area contributed by atoms with Gasteiger partial charge in [0.1, 0.15) is 14.1 Å². The number of ether oxygens (including phenoxy) is 1. The summed E-state index contributed by atoms with van der Waals surface area (Å²) in [5.74, 6) is 1.69. The van der Waals surface area contributed by atoms with E-state index in [9.17, 15) is 15.3 Å². The van der Waals surface area contributed by atoms with E-state index in [1.807, 2.05) is 12.2 Å². The predicted molar refractivity (Wildman–Crippen MR) is 130 cm³/mol. The molecule has 0 spiro atoms. The topological polar surface area (TPSA) is 118 Å². The Labute approximate surface area is 198 Å². The van der Waals surface area contributed by atoms with Crippen LogP contribution in [0.5, 0.6) is 0 Å². The molecule has 1 aliphatic carbocycles. The van der Waals surface area contributed by atoms with Gasteiger partial charge in [0.25, 0.3) is 0 Å². The van der Waals surface area contributed by atoms with E-state index in [0.717, 1.165) is 69.4 Å². The summed E-state index contributed by atoms with van der Waals surface area (Å²) in [5.41, 5.74) is 1.82. The standard InChI is InChI=1S/C24H41BN4O4/c1-14-11-16(25)3-2-10-33-22-21(14)28-23(29-24(22)32)18-5-4-17(13-19(18)30)27-20(31)12-15-6-8-26-9-7-15/h2,10,13-16,18-20,23-24,26-32H,3-9,11-12,25H2,1H3/b10-2+/t14-,16?,18?,19?,20?,23?,24?/m1/s1. The number of aliphatic hydroxyl groups is 3. The minimum Gasteiger partial charge on any atom is -0.464 e. The maximum atomic E-state index is 10.9. The summed E-state index contributed by atoms with van der Waals surface area (Å²) >= 11 is 0. The Hall–Kier alpha value is -1.52. The molecule has 0 aromatic heterocycles. The summed E-state index contributed by atoms with van der Waals surface area (Å²) in [4.78, 5) is 0. The molecule has 7 N–H and O–H groups in total. The van der Waals surface area contributed by atoms with Crippen LogP contribution in [0.4, 0.5) is 0 Å². The molecule has 1 saturated heterocycles. The predicted octanol–water partition coefficient (Wildman–Crippen LogP) is 0.370. The van der Waals surface area contributed by atoms with E-state index in [4.69, 9.17) is 4.74 Å². The average Bonchev–Trinajstić information content (AvgIpc) is 2.84. The van der Waals surface area contributed by atoms with Crippen LogP contribution in [0.2, 0.25) is 5.82 Å². The van der Waals surface area contributed by atoms with Gasteiger partial charge in [0.15, 0.2) is 12.0 Å². The first-order valence-corrected chi connectivity index (χ1v) is 12.7. The van der Waals surface area contributed by atoms with E-state index in [2.05, 4.69) is 36.0 Å². The maximum Gasteiger partial charge on any atom is 0.167 e. The third kappa shape index (κ3) is 6.34. The molecule has 0 amide bonds. The van der Waals surface area contributed by atoms with Gasteiger partial charge in [0, 0.05) is 11.6 Å². The average molecular weight is 460 g/mol. The molecule has 33 heavy (non-hydrogen) atoms. The summed E-state index contributed by atoms with van der Waals surface area (Å²) < 4.78 is 5.79. The molecular formula is C24H41BN4O4. The highest BCUT2D eigenvalue weighted by Gasteiger charge is 2.38. The molecule has 1 fully saturated rings. The zero-order chi connectivity index (χ0) is 23.4. The van der Waals surface area contributed by atoms with Crippen molar-refractivity contribution >= 4 is 7.85 Å². The molecule has 184 valence electrons. The number of allylic oxidation sites excluding steroid dienone is 3. The van der Waals surface area contributed by atoms with Gasteiger partial charge >= 0.3 is 0 Å². The van der Waals surface area contributed by atoms with Crippen LogP contribution in [0, 0.1) is 17.8 Å². The Morgan fingerprint density at radius 3 is 2.79 bits per heavy atom. The van der Waals surface area contributed by atoms with Gasteiger partial charge in [0.05, 0.1) is 24.2 Å². The molecule has 8 nitrogen and oxygen atoms in total. The van der Waals surface area contributed by atoms with Crippen LogP contribution < -0.4 is 21.3 Å². The molecule has 7 atom stereocenters. The van der Waals surface area contributed by atoms with Crippen LogP contribution in [-0.4, -0.2) is 61.0 Å². The van der Waals surface area contributed by atoms with Crippen LogP contribution in [0.25, 0.3) is 0 Å². The second-order valence-electron chi connectivity index (χ2n) is 10.4. The molecule has 6 unspecified atom stereocenters. The minimum absolute atomic E-state index is 0.103. The second-order valence-corrected chi connectivity index (χ2v) is 10.4. The molecule has 3 heterocycles. The lowest BCUT2D eigenvalue weighted by atomic mass is 9.77. The van der Waals surface area contributed by atoms with E-state index in [1.165, 1.54) is 0 Å². The van der Waals surface area contributed by atoms with Gasteiger partial charge in [-0.1, -0.05) is 12.7 Å². The van der Waals surface area contributed by atoms with Crippen LogP contribution in [0.3, 0.4) is 0 Å². The van der Waals surface area contributed by atoms with Crippen molar-refractivity contribution in [2.24, 2.45) is 17.8 Å².